The highest BCUT2D eigenvalue weighted by molar-refractivity contribution is 5.40. The Bertz CT molecular complexity index is 476. The molecule has 0 spiro atoms. The molecule has 0 atom stereocenters. The lowest BCUT2D eigenvalue weighted by Gasteiger charge is -2.34. The highest BCUT2D eigenvalue weighted by atomic mass is 14.9. The predicted octanol–water partition coefficient (Wildman–Crippen LogP) is 4.16. The van der Waals surface area contributed by atoms with E-state index in [0.717, 1.165) is 19.5 Å². The zero-order valence-electron chi connectivity index (χ0n) is 12.2. The zero-order valence-corrected chi connectivity index (χ0v) is 12.2. The van der Waals surface area contributed by atoms with E-state index >= 15 is 0 Å². The van der Waals surface area contributed by atoms with Gasteiger partial charge in [-0.1, -0.05) is 73.7 Å². The van der Waals surface area contributed by atoms with Crippen molar-refractivity contribution in [2.45, 2.75) is 18.8 Å². The molecule has 0 fully saturated rings. The Hall–Kier alpha value is -1.86. The Kier molecular flexibility index (Phi) is 5.14. The first-order valence-corrected chi connectivity index (χ1v) is 7.26. The Balaban J connectivity index is 2.53. The number of hydrogen-bond acceptors (Lipinski definition) is 1. The van der Waals surface area contributed by atoms with Crippen molar-refractivity contribution in [1.29, 1.82) is 0 Å². The van der Waals surface area contributed by atoms with Crippen molar-refractivity contribution in [3.8, 4) is 0 Å². The molecule has 2 rings (SSSR count). The molecule has 0 radical (unpaired) electrons. The van der Waals surface area contributed by atoms with Gasteiger partial charge in [0.1, 0.15) is 0 Å². The molecule has 0 unspecified atom stereocenters. The van der Waals surface area contributed by atoms with E-state index in [1.165, 1.54) is 11.1 Å². The van der Waals surface area contributed by atoms with Crippen LogP contribution < -0.4 is 5.32 Å². The molecule has 2 aromatic rings. The van der Waals surface area contributed by atoms with E-state index in [-0.39, 0.29) is 5.41 Å². The summed E-state index contributed by atoms with van der Waals surface area (Å²) >= 11 is 0. The van der Waals surface area contributed by atoms with Crippen LogP contribution in [0.3, 0.4) is 0 Å². The monoisotopic (exact) mass is 265 g/mol. The van der Waals surface area contributed by atoms with Crippen LogP contribution in [0.2, 0.25) is 0 Å². The molecule has 1 N–H and O–H groups in total. The zero-order chi connectivity index (χ0) is 14.3. The average molecular weight is 265 g/mol. The maximum Gasteiger partial charge on any atom is 0.0361 e. The molecule has 1 heteroatoms. The topological polar surface area (TPSA) is 12.0 Å². The molecular weight excluding hydrogens is 242 g/mol. The molecule has 0 bridgehead atoms. The van der Waals surface area contributed by atoms with E-state index < -0.39 is 0 Å². The van der Waals surface area contributed by atoms with Crippen molar-refractivity contribution in [3.05, 3.63) is 84.4 Å². The Morgan fingerprint density at radius 1 is 0.950 bits per heavy atom. The lowest BCUT2D eigenvalue weighted by molar-refractivity contribution is 0.475. The predicted molar refractivity (Wildman–Crippen MR) is 87.0 cm³/mol. The fourth-order valence-corrected chi connectivity index (χ4v) is 2.78. The minimum absolute atomic E-state index is 0.0414. The van der Waals surface area contributed by atoms with Gasteiger partial charge in [0.05, 0.1) is 0 Å². The molecule has 0 saturated carbocycles. The summed E-state index contributed by atoms with van der Waals surface area (Å²) in [6.07, 6.45) is 2.95. The molecule has 0 aliphatic rings. The summed E-state index contributed by atoms with van der Waals surface area (Å²) in [6, 6.07) is 21.5. The van der Waals surface area contributed by atoms with E-state index in [0.29, 0.717) is 0 Å². The Morgan fingerprint density at radius 2 is 1.45 bits per heavy atom. The molecule has 20 heavy (non-hydrogen) atoms. The number of likely N-dealkylation sites (N-methyl/N-ethyl adjacent to an activating group) is 1. The first kappa shape index (κ1) is 14.5. The standard InChI is InChI=1S/C19H23N/c1-3-15-19(16-20-4-2,17-11-7-5-8-12-17)18-13-9-6-10-14-18/h3,5-14,20H,1,4,15-16H2,2H3. The van der Waals surface area contributed by atoms with Gasteiger partial charge in [-0.05, 0) is 24.1 Å². The molecule has 0 heterocycles. The van der Waals surface area contributed by atoms with Crippen molar-refractivity contribution in [3.63, 3.8) is 0 Å². The van der Waals surface area contributed by atoms with E-state index in [2.05, 4.69) is 79.5 Å². The number of nitrogens with one attached hydrogen (secondary N) is 1. The number of rotatable bonds is 7. The molecule has 0 amide bonds. The van der Waals surface area contributed by atoms with Crippen LogP contribution in [0.4, 0.5) is 0 Å². The first-order chi connectivity index (χ1) is 9.83. The van der Waals surface area contributed by atoms with Gasteiger partial charge in [0.25, 0.3) is 0 Å². The fourth-order valence-electron chi connectivity index (χ4n) is 2.78. The normalized spacial score (nSPS) is 11.2. The molecular formula is C19H23N. The quantitative estimate of drug-likeness (QED) is 0.741. The third-order valence-electron chi connectivity index (χ3n) is 3.82. The van der Waals surface area contributed by atoms with Crippen molar-refractivity contribution in [2.75, 3.05) is 13.1 Å². The van der Waals surface area contributed by atoms with Crippen LogP contribution in [0.1, 0.15) is 24.5 Å². The number of allylic oxidation sites excluding steroid dienone is 1. The Labute approximate surface area is 122 Å². The third kappa shape index (κ3) is 3.00. The maximum atomic E-state index is 3.98. The lowest BCUT2D eigenvalue weighted by Crippen LogP contribution is -2.39. The third-order valence-corrected chi connectivity index (χ3v) is 3.82. The van der Waals surface area contributed by atoms with Gasteiger partial charge < -0.3 is 5.32 Å². The van der Waals surface area contributed by atoms with E-state index in [1.807, 2.05) is 6.08 Å². The largest absolute Gasteiger partial charge is 0.316 e. The van der Waals surface area contributed by atoms with Gasteiger partial charge >= 0.3 is 0 Å². The minimum atomic E-state index is -0.0414. The summed E-state index contributed by atoms with van der Waals surface area (Å²) in [5.41, 5.74) is 2.64. The summed E-state index contributed by atoms with van der Waals surface area (Å²) < 4.78 is 0. The van der Waals surface area contributed by atoms with Gasteiger partial charge in [-0.15, -0.1) is 6.58 Å². The van der Waals surface area contributed by atoms with Gasteiger partial charge in [0, 0.05) is 12.0 Å². The fraction of sp³-hybridized carbons (Fsp3) is 0.263. The average Bonchev–Trinajstić information content (AvgIpc) is 2.53. The molecule has 0 aliphatic heterocycles. The second kappa shape index (κ2) is 7.06. The summed E-state index contributed by atoms with van der Waals surface area (Å²) in [4.78, 5) is 0. The lowest BCUT2D eigenvalue weighted by atomic mass is 9.72. The number of benzene rings is 2. The van der Waals surface area contributed by atoms with E-state index in [4.69, 9.17) is 0 Å². The van der Waals surface area contributed by atoms with Crippen molar-refractivity contribution < 1.29 is 0 Å². The summed E-state index contributed by atoms with van der Waals surface area (Å²) in [5, 5.41) is 3.52. The van der Waals surface area contributed by atoms with E-state index in [9.17, 15) is 0 Å². The second-order valence-electron chi connectivity index (χ2n) is 5.09. The van der Waals surface area contributed by atoms with Gasteiger partial charge in [-0.2, -0.15) is 0 Å². The van der Waals surface area contributed by atoms with Crippen LogP contribution in [-0.2, 0) is 5.41 Å². The van der Waals surface area contributed by atoms with Crippen LogP contribution in [-0.4, -0.2) is 13.1 Å². The smallest absolute Gasteiger partial charge is 0.0361 e. The van der Waals surface area contributed by atoms with Gasteiger partial charge in [-0.25, -0.2) is 0 Å². The highest BCUT2D eigenvalue weighted by Crippen LogP contribution is 2.35. The molecule has 0 aliphatic carbocycles. The van der Waals surface area contributed by atoms with Crippen molar-refractivity contribution in [2.24, 2.45) is 0 Å². The molecule has 2 aromatic carbocycles. The SMILES string of the molecule is C=CCC(CNCC)(c1ccccc1)c1ccccc1. The summed E-state index contributed by atoms with van der Waals surface area (Å²) in [6.45, 7) is 8.02. The summed E-state index contributed by atoms with van der Waals surface area (Å²) in [5.74, 6) is 0. The van der Waals surface area contributed by atoms with Gasteiger partial charge in [0.15, 0.2) is 0 Å². The van der Waals surface area contributed by atoms with Gasteiger partial charge in [-0.3, -0.25) is 0 Å². The number of hydrogen-bond donors (Lipinski definition) is 1. The van der Waals surface area contributed by atoms with Gasteiger partial charge in [0.2, 0.25) is 0 Å². The molecule has 0 saturated heterocycles. The van der Waals surface area contributed by atoms with Crippen LogP contribution in [0.15, 0.2) is 73.3 Å². The molecule has 104 valence electrons. The van der Waals surface area contributed by atoms with Crippen LogP contribution in [0, 0.1) is 0 Å². The van der Waals surface area contributed by atoms with Crippen molar-refractivity contribution in [1.82, 2.24) is 5.32 Å². The maximum absolute atomic E-state index is 3.98. The Morgan fingerprint density at radius 3 is 1.85 bits per heavy atom. The van der Waals surface area contributed by atoms with Crippen molar-refractivity contribution >= 4 is 0 Å². The first-order valence-electron chi connectivity index (χ1n) is 7.26. The van der Waals surface area contributed by atoms with Crippen LogP contribution in [0.25, 0.3) is 0 Å². The minimum Gasteiger partial charge on any atom is -0.316 e. The van der Waals surface area contributed by atoms with E-state index in [1.54, 1.807) is 0 Å². The molecule has 1 nitrogen and oxygen atoms in total. The molecule has 0 aromatic heterocycles. The summed E-state index contributed by atoms with van der Waals surface area (Å²) in [7, 11) is 0. The van der Waals surface area contributed by atoms with Crippen LogP contribution in [0.5, 0.6) is 0 Å². The highest BCUT2D eigenvalue weighted by Gasteiger charge is 2.32. The second-order valence-corrected chi connectivity index (χ2v) is 5.09. The van der Waals surface area contributed by atoms with Crippen LogP contribution >= 0.6 is 0 Å².